The Hall–Kier alpha value is -2.01. The second-order valence-corrected chi connectivity index (χ2v) is 5.55. The van der Waals surface area contributed by atoms with Gasteiger partial charge in [-0.3, -0.25) is 4.79 Å². The van der Waals surface area contributed by atoms with E-state index in [1.54, 1.807) is 12.3 Å². The summed E-state index contributed by atoms with van der Waals surface area (Å²) in [5.41, 5.74) is 0.325. The van der Waals surface area contributed by atoms with Crippen LogP contribution in [0.3, 0.4) is 0 Å². The lowest BCUT2D eigenvalue weighted by molar-refractivity contribution is 0.0820. The van der Waals surface area contributed by atoms with Crippen LogP contribution < -0.4 is 5.32 Å². The molecule has 5 heteroatoms. The summed E-state index contributed by atoms with van der Waals surface area (Å²) in [5.74, 6) is 0.0936. The van der Waals surface area contributed by atoms with Crippen molar-refractivity contribution in [1.82, 2.24) is 15.3 Å². The molecular formula is C15H17N3O2. The summed E-state index contributed by atoms with van der Waals surface area (Å²) in [4.78, 5) is 20.7. The van der Waals surface area contributed by atoms with Gasteiger partial charge in [-0.25, -0.2) is 9.97 Å². The Morgan fingerprint density at radius 2 is 2.25 bits per heavy atom. The maximum atomic E-state index is 12.3. The number of pyridine rings is 2. The molecule has 1 fully saturated rings. The molecule has 1 aliphatic rings. The summed E-state index contributed by atoms with van der Waals surface area (Å²) in [5, 5.41) is 13.3. The van der Waals surface area contributed by atoms with Crippen molar-refractivity contribution >= 4 is 16.9 Å². The number of hydrogen-bond acceptors (Lipinski definition) is 4. The summed E-state index contributed by atoms with van der Waals surface area (Å²) in [6.45, 7) is 1.82. The fourth-order valence-electron chi connectivity index (χ4n) is 2.39. The first kappa shape index (κ1) is 13.0. The van der Waals surface area contributed by atoms with Crippen LogP contribution in [0.25, 0.3) is 11.0 Å². The van der Waals surface area contributed by atoms with Gasteiger partial charge < -0.3 is 10.4 Å². The number of carbonyl (C=O) groups is 1. The number of carbonyl (C=O) groups excluding carboxylic acids is 1. The molecule has 5 nitrogen and oxygen atoms in total. The van der Waals surface area contributed by atoms with Crippen molar-refractivity contribution in [2.24, 2.45) is 5.92 Å². The second-order valence-electron chi connectivity index (χ2n) is 5.55. The summed E-state index contributed by atoms with van der Waals surface area (Å²) in [6.07, 6.45) is 3.74. The Labute approximate surface area is 117 Å². The number of hydrogen-bond donors (Lipinski definition) is 2. The smallest absolute Gasteiger partial charge is 0.270 e. The maximum absolute atomic E-state index is 12.3. The number of aliphatic hydroxyl groups excluding tert-OH is 1. The number of nitrogens with one attached hydrogen (secondary N) is 1. The summed E-state index contributed by atoms with van der Waals surface area (Å²) in [7, 11) is 0. The first-order valence-electron chi connectivity index (χ1n) is 6.77. The third kappa shape index (κ3) is 2.36. The van der Waals surface area contributed by atoms with Gasteiger partial charge in [0.2, 0.25) is 0 Å². The lowest BCUT2D eigenvalue weighted by atomic mass is 9.97. The number of nitrogens with zero attached hydrogens (tertiary/aromatic N) is 2. The molecule has 1 unspecified atom stereocenters. The van der Waals surface area contributed by atoms with E-state index >= 15 is 0 Å². The van der Waals surface area contributed by atoms with Crippen molar-refractivity contribution in [1.29, 1.82) is 0 Å². The van der Waals surface area contributed by atoms with Crippen LogP contribution in [0.15, 0.2) is 30.5 Å². The second kappa shape index (κ2) is 4.83. The third-order valence-electron chi connectivity index (χ3n) is 3.90. The zero-order valence-corrected chi connectivity index (χ0v) is 11.3. The van der Waals surface area contributed by atoms with Crippen molar-refractivity contribution in [2.45, 2.75) is 25.3 Å². The largest absolute Gasteiger partial charge is 0.394 e. The van der Waals surface area contributed by atoms with Crippen LogP contribution in [0.4, 0.5) is 0 Å². The Bertz CT molecular complexity index is 654. The molecule has 2 N–H and O–H groups in total. The monoisotopic (exact) mass is 271 g/mol. The SMILES string of the molecule is CC(CO)(NC(=O)c1ccc2cccnc2n1)C1CC1. The van der Waals surface area contributed by atoms with Gasteiger partial charge in [0.05, 0.1) is 12.1 Å². The van der Waals surface area contributed by atoms with Crippen LogP contribution in [0, 0.1) is 5.92 Å². The predicted octanol–water partition coefficient (Wildman–Crippen LogP) is 1.52. The molecule has 20 heavy (non-hydrogen) atoms. The molecule has 0 aromatic carbocycles. The quantitative estimate of drug-likeness (QED) is 0.884. The van der Waals surface area contributed by atoms with Gasteiger partial charge in [0, 0.05) is 11.6 Å². The minimum Gasteiger partial charge on any atom is -0.394 e. The fraction of sp³-hybridized carbons (Fsp3) is 0.400. The van der Waals surface area contributed by atoms with E-state index in [0.717, 1.165) is 18.2 Å². The number of aliphatic hydroxyl groups is 1. The Kier molecular flexibility index (Phi) is 3.14. The van der Waals surface area contributed by atoms with Crippen LogP contribution in [-0.4, -0.2) is 33.1 Å². The van der Waals surface area contributed by atoms with Crippen molar-refractivity contribution < 1.29 is 9.90 Å². The molecule has 0 saturated heterocycles. The molecule has 1 amide bonds. The molecule has 0 aliphatic heterocycles. The predicted molar refractivity (Wildman–Crippen MR) is 75.2 cm³/mol. The molecule has 3 rings (SSSR count). The maximum Gasteiger partial charge on any atom is 0.270 e. The third-order valence-corrected chi connectivity index (χ3v) is 3.90. The van der Waals surface area contributed by atoms with E-state index in [2.05, 4.69) is 15.3 Å². The highest BCUT2D eigenvalue weighted by molar-refractivity contribution is 5.94. The van der Waals surface area contributed by atoms with Crippen molar-refractivity contribution in [3.05, 3.63) is 36.2 Å². The molecule has 104 valence electrons. The highest BCUT2D eigenvalue weighted by Crippen LogP contribution is 2.39. The van der Waals surface area contributed by atoms with Gasteiger partial charge >= 0.3 is 0 Å². The highest BCUT2D eigenvalue weighted by atomic mass is 16.3. The van der Waals surface area contributed by atoms with Crippen molar-refractivity contribution in [2.75, 3.05) is 6.61 Å². The van der Waals surface area contributed by atoms with E-state index < -0.39 is 5.54 Å². The average Bonchev–Trinajstić information content (AvgIpc) is 3.31. The number of rotatable bonds is 4. The zero-order chi connectivity index (χ0) is 14.2. The van der Waals surface area contributed by atoms with Gasteiger partial charge in [-0.1, -0.05) is 0 Å². The fourth-order valence-corrected chi connectivity index (χ4v) is 2.39. The van der Waals surface area contributed by atoms with E-state index in [1.165, 1.54) is 0 Å². The van der Waals surface area contributed by atoms with E-state index in [9.17, 15) is 9.90 Å². The summed E-state index contributed by atoms with van der Waals surface area (Å²) < 4.78 is 0. The van der Waals surface area contributed by atoms with Gasteiger partial charge in [-0.15, -0.1) is 0 Å². The van der Waals surface area contributed by atoms with E-state index in [4.69, 9.17) is 0 Å². The highest BCUT2D eigenvalue weighted by Gasteiger charge is 2.42. The molecule has 1 aliphatic carbocycles. The topological polar surface area (TPSA) is 75.1 Å². The molecule has 1 atom stereocenters. The Balaban J connectivity index is 1.84. The van der Waals surface area contributed by atoms with Gasteiger partial charge in [0.15, 0.2) is 5.65 Å². The lowest BCUT2D eigenvalue weighted by Gasteiger charge is -2.28. The minimum atomic E-state index is -0.558. The number of fused-ring (bicyclic) bond motifs is 1. The standard InChI is InChI=1S/C15H17N3O2/c1-15(9-19,11-5-6-11)18-14(20)12-7-4-10-3-2-8-16-13(10)17-12/h2-4,7-8,11,19H,5-6,9H2,1H3,(H,18,20). The zero-order valence-electron chi connectivity index (χ0n) is 11.3. The van der Waals surface area contributed by atoms with E-state index in [0.29, 0.717) is 17.3 Å². The molecule has 2 heterocycles. The van der Waals surface area contributed by atoms with E-state index in [-0.39, 0.29) is 12.5 Å². The molecule has 0 bridgehead atoms. The molecule has 0 spiro atoms. The van der Waals surface area contributed by atoms with Gasteiger partial charge in [-0.2, -0.15) is 0 Å². The first-order chi connectivity index (χ1) is 9.62. The van der Waals surface area contributed by atoms with Gasteiger partial charge in [-0.05, 0) is 49.9 Å². The number of aromatic nitrogens is 2. The minimum absolute atomic E-state index is 0.0603. The normalized spacial score (nSPS) is 17.7. The molecule has 2 aromatic rings. The van der Waals surface area contributed by atoms with Crippen LogP contribution in [0.2, 0.25) is 0 Å². The van der Waals surface area contributed by atoms with E-state index in [1.807, 2.05) is 25.1 Å². The molecule has 0 radical (unpaired) electrons. The first-order valence-corrected chi connectivity index (χ1v) is 6.77. The van der Waals surface area contributed by atoms with Crippen LogP contribution >= 0.6 is 0 Å². The summed E-state index contributed by atoms with van der Waals surface area (Å²) in [6, 6.07) is 7.25. The average molecular weight is 271 g/mol. The van der Waals surface area contributed by atoms with Crippen LogP contribution in [-0.2, 0) is 0 Å². The van der Waals surface area contributed by atoms with Gasteiger partial charge in [0.25, 0.3) is 5.91 Å². The van der Waals surface area contributed by atoms with Crippen LogP contribution in [0.5, 0.6) is 0 Å². The molecular weight excluding hydrogens is 254 g/mol. The Morgan fingerprint density at radius 3 is 2.95 bits per heavy atom. The lowest BCUT2D eigenvalue weighted by Crippen LogP contribution is -2.50. The van der Waals surface area contributed by atoms with Gasteiger partial charge in [0.1, 0.15) is 5.69 Å². The molecule has 2 aromatic heterocycles. The molecule has 1 saturated carbocycles. The van der Waals surface area contributed by atoms with Crippen LogP contribution in [0.1, 0.15) is 30.3 Å². The Morgan fingerprint density at radius 1 is 1.45 bits per heavy atom. The van der Waals surface area contributed by atoms with Crippen molar-refractivity contribution in [3.8, 4) is 0 Å². The van der Waals surface area contributed by atoms with Crippen molar-refractivity contribution in [3.63, 3.8) is 0 Å². The number of amides is 1. The summed E-state index contributed by atoms with van der Waals surface area (Å²) >= 11 is 0.